The van der Waals surface area contributed by atoms with E-state index in [2.05, 4.69) is 10.1 Å². The summed E-state index contributed by atoms with van der Waals surface area (Å²) in [6.07, 6.45) is 0. The second-order valence-corrected chi connectivity index (χ2v) is 7.22. The number of aromatic hydroxyl groups is 1. The first kappa shape index (κ1) is 22.5. The quantitative estimate of drug-likeness (QED) is 0.229. The minimum absolute atomic E-state index is 0.00685. The molecule has 0 aliphatic heterocycles. The number of ether oxygens (including phenoxy) is 2. The molecule has 0 fully saturated rings. The third kappa shape index (κ3) is 4.42. The lowest BCUT2D eigenvalue weighted by molar-refractivity contribution is -0.386. The number of aromatic nitrogens is 2. The highest BCUT2D eigenvalue weighted by Gasteiger charge is 2.34. The first-order chi connectivity index (χ1) is 16.4. The molecule has 1 aromatic heterocycles. The van der Waals surface area contributed by atoms with E-state index >= 15 is 0 Å². The van der Waals surface area contributed by atoms with E-state index in [4.69, 9.17) is 14.0 Å². The van der Waals surface area contributed by atoms with Crippen LogP contribution in [0.1, 0.15) is 27.4 Å². The number of benzene rings is 3. The van der Waals surface area contributed by atoms with Gasteiger partial charge in [-0.1, -0.05) is 35.5 Å². The smallest absolute Gasteiger partial charge is 0.326 e. The minimum atomic E-state index is -0.848. The SMILES string of the molecule is COc1cc(-c2noc(C)n2)c(C(=O)c2ccc(OCc3ccccc3)cc2)c([N+](=O)[O-])c1O. The molecule has 4 rings (SSSR count). The van der Waals surface area contributed by atoms with Gasteiger partial charge in [-0.2, -0.15) is 4.98 Å². The highest BCUT2D eigenvalue weighted by molar-refractivity contribution is 6.16. The van der Waals surface area contributed by atoms with E-state index in [0.717, 1.165) is 5.56 Å². The molecule has 1 N–H and O–H groups in total. The number of nitro benzene ring substituents is 1. The Kier molecular flexibility index (Phi) is 6.22. The number of nitrogens with zero attached hydrogens (tertiary/aromatic N) is 3. The number of phenolic OH excluding ortho intramolecular Hbond substituents is 1. The lowest BCUT2D eigenvalue weighted by atomic mass is 9.95. The fourth-order valence-corrected chi connectivity index (χ4v) is 3.37. The summed E-state index contributed by atoms with van der Waals surface area (Å²) < 4.78 is 15.8. The van der Waals surface area contributed by atoms with Crippen molar-refractivity contribution in [3.8, 4) is 28.6 Å². The van der Waals surface area contributed by atoms with E-state index in [9.17, 15) is 20.0 Å². The van der Waals surface area contributed by atoms with Gasteiger partial charge in [-0.3, -0.25) is 14.9 Å². The number of aryl methyl sites for hydroxylation is 1. The molecule has 0 radical (unpaired) electrons. The van der Waals surface area contributed by atoms with Gasteiger partial charge in [0.2, 0.25) is 23.2 Å². The predicted octanol–water partition coefficient (Wildman–Crippen LogP) is 4.48. The van der Waals surface area contributed by atoms with Gasteiger partial charge in [0.1, 0.15) is 17.9 Å². The summed E-state index contributed by atoms with van der Waals surface area (Å²) in [7, 11) is 1.24. The number of phenols is 1. The highest BCUT2D eigenvalue weighted by atomic mass is 16.6. The molecule has 0 amide bonds. The maximum Gasteiger partial charge on any atom is 0.326 e. The third-order valence-corrected chi connectivity index (χ3v) is 5.00. The summed E-state index contributed by atoms with van der Waals surface area (Å²) in [5.74, 6) is -1.03. The number of rotatable bonds is 8. The Morgan fingerprint density at radius 2 is 1.85 bits per heavy atom. The van der Waals surface area contributed by atoms with Crippen molar-refractivity contribution in [1.82, 2.24) is 10.1 Å². The number of hydrogen-bond acceptors (Lipinski definition) is 9. The molecule has 0 atom stereocenters. The second kappa shape index (κ2) is 9.41. The Hall–Kier alpha value is -4.73. The van der Waals surface area contributed by atoms with Crippen molar-refractivity contribution in [2.45, 2.75) is 13.5 Å². The molecule has 3 aromatic carbocycles. The van der Waals surface area contributed by atoms with E-state index in [1.807, 2.05) is 30.3 Å². The Labute approximate surface area is 193 Å². The fourth-order valence-electron chi connectivity index (χ4n) is 3.37. The van der Waals surface area contributed by atoms with Crippen LogP contribution in [0.4, 0.5) is 5.69 Å². The number of hydrogen-bond donors (Lipinski definition) is 1. The van der Waals surface area contributed by atoms with E-state index in [0.29, 0.717) is 12.4 Å². The molecule has 1 heterocycles. The lowest BCUT2D eigenvalue weighted by Gasteiger charge is -2.12. The van der Waals surface area contributed by atoms with Gasteiger partial charge < -0.3 is 19.1 Å². The molecular weight excluding hydrogens is 442 g/mol. The van der Waals surface area contributed by atoms with Gasteiger partial charge in [0.05, 0.1) is 12.0 Å². The average Bonchev–Trinajstić information content (AvgIpc) is 3.28. The van der Waals surface area contributed by atoms with Crippen LogP contribution < -0.4 is 9.47 Å². The largest absolute Gasteiger partial charge is 0.499 e. The summed E-state index contributed by atoms with van der Waals surface area (Å²) >= 11 is 0. The van der Waals surface area contributed by atoms with E-state index < -0.39 is 22.1 Å². The van der Waals surface area contributed by atoms with Crippen LogP contribution in [0, 0.1) is 17.0 Å². The van der Waals surface area contributed by atoms with Crippen LogP contribution in [0.15, 0.2) is 65.2 Å². The van der Waals surface area contributed by atoms with Crippen molar-refractivity contribution < 1.29 is 28.8 Å². The van der Waals surface area contributed by atoms with Crippen molar-refractivity contribution in [2.24, 2.45) is 0 Å². The molecule has 0 bridgehead atoms. The zero-order chi connectivity index (χ0) is 24.2. The summed E-state index contributed by atoms with van der Waals surface area (Å²) in [4.78, 5) is 28.5. The van der Waals surface area contributed by atoms with Gasteiger partial charge >= 0.3 is 5.69 Å². The van der Waals surface area contributed by atoms with E-state index in [1.54, 1.807) is 12.1 Å². The van der Waals surface area contributed by atoms with E-state index in [1.165, 1.54) is 32.2 Å². The number of ketones is 1. The molecule has 0 unspecified atom stereocenters. The van der Waals surface area contributed by atoms with Crippen molar-refractivity contribution in [2.75, 3.05) is 7.11 Å². The van der Waals surface area contributed by atoms with Gasteiger partial charge in [0.15, 0.2) is 5.75 Å². The normalized spacial score (nSPS) is 10.6. The molecule has 10 nitrogen and oxygen atoms in total. The maximum atomic E-state index is 13.4. The van der Waals surface area contributed by atoms with Crippen molar-refractivity contribution in [1.29, 1.82) is 0 Å². The standard InChI is InChI=1S/C24H19N3O7/c1-14-25-24(26-34-14)18-12-19(32-2)23(29)21(27(30)31)20(18)22(28)16-8-10-17(11-9-16)33-13-15-6-4-3-5-7-15/h3-12,29H,13H2,1-2H3. The lowest BCUT2D eigenvalue weighted by Crippen LogP contribution is -2.09. The summed E-state index contributed by atoms with van der Waals surface area (Å²) in [5, 5.41) is 26.1. The Morgan fingerprint density at radius 3 is 2.44 bits per heavy atom. The Bertz CT molecular complexity index is 1350. The molecule has 34 heavy (non-hydrogen) atoms. The molecule has 4 aromatic rings. The summed E-state index contributed by atoms with van der Waals surface area (Å²) in [6.45, 7) is 1.88. The maximum absolute atomic E-state index is 13.4. The van der Waals surface area contributed by atoms with Gasteiger partial charge in [0, 0.05) is 18.1 Å². The first-order valence-corrected chi connectivity index (χ1v) is 10.1. The second-order valence-electron chi connectivity index (χ2n) is 7.22. The Balaban J connectivity index is 1.73. The van der Waals surface area contributed by atoms with Crippen LogP contribution >= 0.6 is 0 Å². The first-order valence-electron chi connectivity index (χ1n) is 10.1. The topological polar surface area (TPSA) is 138 Å². The predicted molar refractivity (Wildman–Crippen MR) is 120 cm³/mol. The molecule has 10 heteroatoms. The molecule has 0 saturated heterocycles. The number of carbonyl (C=O) groups excluding carboxylic acids is 1. The van der Waals surface area contributed by atoms with Crippen LogP contribution in [0.25, 0.3) is 11.4 Å². The third-order valence-electron chi connectivity index (χ3n) is 5.00. The number of carbonyl (C=O) groups is 1. The highest BCUT2D eigenvalue weighted by Crippen LogP contribution is 2.44. The molecule has 0 spiro atoms. The van der Waals surface area contributed by atoms with Gasteiger partial charge in [-0.05, 0) is 35.9 Å². The molecule has 0 aliphatic carbocycles. The zero-order valence-corrected chi connectivity index (χ0v) is 18.2. The monoisotopic (exact) mass is 461 g/mol. The fraction of sp³-hybridized carbons (Fsp3) is 0.125. The number of nitro groups is 1. The average molecular weight is 461 g/mol. The van der Waals surface area contributed by atoms with Crippen molar-refractivity contribution in [3.05, 3.63) is 93.4 Å². The van der Waals surface area contributed by atoms with Crippen molar-refractivity contribution in [3.63, 3.8) is 0 Å². The molecule has 172 valence electrons. The summed E-state index contributed by atoms with van der Waals surface area (Å²) in [6, 6.07) is 17.0. The van der Waals surface area contributed by atoms with Gasteiger partial charge in [-0.25, -0.2) is 0 Å². The van der Waals surface area contributed by atoms with E-state index in [-0.39, 0.29) is 34.2 Å². The van der Waals surface area contributed by atoms with Crippen molar-refractivity contribution >= 4 is 11.5 Å². The van der Waals surface area contributed by atoms with Gasteiger partial charge in [-0.15, -0.1) is 0 Å². The molecular formula is C24H19N3O7. The van der Waals surface area contributed by atoms with Crippen LogP contribution in [0.3, 0.4) is 0 Å². The number of methoxy groups -OCH3 is 1. The minimum Gasteiger partial charge on any atom is -0.499 e. The molecule has 0 saturated carbocycles. The Morgan fingerprint density at radius 1 is 1.15 bits per heavy atom. The van der Waals surface area contributed by atoms with Crippen LogP contribution in [0.2, 0.25) is 0 Å². The van der Waals surface area contributed by atoms with Crippen LogP contribution in [0.5, 0.6) is 17.2 Å². The van der Waals surface area contributed by atoms with Crippen LogP contribution in [-0.4, -0.2) is 33.1 Å². The van der Waals surface area contributed by atoms with Crippen LogP contribution in [-0.2, 0) is 6.61 Å². The zero-order valence-electron chi connectivity index (χ0n) is 18.2. The summed E-state index contributed by atoms with van der Waals surface area (Å²) in [5.41, 5.74) is -0.0888. The van der Waals surface area contributed by atoms with Gasteiger partial charge in [0.25, 0.3) is 0 Å². The molecule has 0 aliphatic rings.